The Kier molecular flexibility index (Phi) is 7.25. The number of likely N-dealkylation sites (tertiary alicyclic amines) is 1. The summed E-state index contributed by atoms with van der Waals surface area (Å²) in [4.78, 5) is 37.2. The molecule has 0 spiro atoms. The molecule has 4 rings (SSSR count). The number of amides is 2. The standard InChI is InChI=1S/C24H29F3N6O2/c25-24(26,27)17-10-15(9-16(12-17)22(35)32-6-2-1-3-7-32)11-20-19(21(29)34)13-30-23(31-20)33-8-4-5-18(28)14-33/h9-10,12-13,18H,1-8,11,14,28H2,(H2,29,34)/t18-/m0/s1. The van der Waals surface area contributed by atoms with Crippen molar-refractivity contribution in [2.24, 2.45) is 11.5 Å². The summed E-state index contributed by atoms with van der Waals surface area (Å²) in [6, 6.07) is 3.26. The Hall–Kier alpha value is -3.21. The van der Waals surface area contributed by atoms with Gasteiger partial charge < -0.3 is 21.3 Å². The second-order valence-corrected chi connectivity index (χ2v) is 9.19. The molecule has 2 aromatic rings. The molecule has 11 heteroatoms. The van der Waals surface area contributed by atoms with E-state index < -0.39 is 23.6 Å². The number of hydrogen-bond acceptors (Lipinski definition) is 6. The number of primary amides is 1. The Bertz CT molecular complexity index is 1100. The lowest BCUT2D eigenvalue weighted by molar-refractivity contribution is -0.137. The van der Waals surface area contributed by atoms with E-state index in [-0.39, 0.29) is 34.8 Å². The van der Waals surface area contributed by atoms with Crippen LogP contribution in [-0.4, -0.2) is 58.9 Å². The van der Waals surface area contributed by atoms with Gasteiger partial charge in [0.15, 0.2) is 0 Å². The fourth-order valence-electron chi connectivity index (χ4n) is 4.65. The maximum atomic E-state index is 13.7. The van der Waals surface area contributed by atoms with Gasteiger partial charge in [-0.05, 0) is 55.9 Å². The van der Waals surface area contributed by atoms with Gasteiger partial charge in [-0.3, -0.25) is 9.59 Å². The second-order valence-electron chi connectivity index (χ2n) is 9.19. The third-order valence-electron chi connectivity index (χ3n) is 6.44. The minimum Gasteiger partial charge on any atom is -0.365 e. The SMILES string of the molecule is NC(=O)c1cnc(N2CCC[C@H](N)C2)nc1Cc1cc(C(=O)N2CCCCC2)cc(C(F)(F)F)c1. The lowest BCUT2D eigenvalue weighted by Gasteiger charge is -2.31. The molecule has 3 heterocycles. The maximum Gasteiger partial charge on any atom is 0.416 e. The fraction of sp³-hybridized carbons (Fsp3) is 0.500. The smallest absolute Gasteiger partial charge is 0.365 e. The normalized spacial score (nSPS) is 19.0. The Morgan fingerprint density at radius 1 is 1.06 bits per heavy atom. The lowest BCUT2D eigenvalue weighted by atomic mass is 9.99. The second kappa shape index (κ2) is 10.2. The topological polar surface area (TPSA) is 118 Å². The number of hydrogen-bond donors (Lipinski definition) is 2. The number of anilines is 1. The van der Waals surface area contributed by atoms with E-state index in [0.29, 0.717) is 32.1 Å². The van der Waals surface area contributed by atoms with Crippen molar-refractivity contribution in [1.29, 1.82) is 0 Å². The van der Waals surface area contributed by atoms with Crippen LogP contribution in [0, 0.1) is 0 Å². The molecule has 188 valence electrons. The average Bonchev–Trinajstić information content (AvgIpc) is 2.83. The molecule has 1 aromatic carbocycles. The van der Waals surface area contributed by atoms with Gasteiger partial charge in [0.05, 0.1) is 16.8 Å². The molecule has 35 heavy (non-hydrogen) atoms. The van der Waals surface area contributed by atoms with Crippen molar-refractivity contribution in [3.05, 3.63) is 52.3 Å². The van der Waals surface area contributed by atoms with Crippen molar-refractivity contribution >= 4 is 17.8 Å². The molecule has 0 saturated carbocycles. The fourth-order valence-corrected chi connectivity index (χ4v) is 4.65. The van der Waals surface area contributed by atoms with Crippen molar-refractivity contribution in [2.45, 2.75) is 50.7 Å². The third kappa shape index (κ3) is 5.90. The zero-order valence-corrected chi connectivity index (χ0v) is 19.4. The van der Waals surface area contributed by atoms with E-state index in [1.54, 1.807) is 4.90 Å². The number of piperidine rings is 2. The number of halogens is 3. The molecular weight excluding hydrogens is 461 g/mol. The summed E-state index contributed by atoms with van der Waals surface area (Å²) in [6.45, 7) is 2.25. The minimum absolute atomic E-state index is 0.0244. The molecule has 1 atom stereocenters. The van der Waals surface area contributed by atoms with Crippen molar-refractivity contribution < 1.29 is 22.8 Å². The molecule has 2 aliphatic heterocycles. The molecular formula is C24H29F3N6O2. The summed E-state index contributed by atoms with van der Waals surface area (Å²) in [5, 5.41) is 0. The summed E-state index contributed by atoms with van der Waals surface area (Å²) in [7, 11) is 0. The van der Waals surface area contributed by atoms with Crippen LogP contribution >= 0.6 is 0 Å². The number of rotatable bonds is 5. The first kappa shape index (κ1) is 24.9. The van der Waals surface area contributed by atoms with Gasteiger partial charge in [-0.2, -0.15) is 13.2 Å². The minimum atomic E-state index is -4.64. The highest BCUT2D eigenvalue weighted by Crippen LogP contribution is 2.32. The van der Waals surface area contributed by atoms with Crippen molar-refractivity contribution in [2.75, 3.05) is 31.1 Å². The van der Waals surface area contributed by atoms with Gasteiger partial charge in [-0.25, -0.2) is 9.97 Å². The van der Waals surface area contributed by atoms with E-state index in [0.717, 1.165) is 44.2 Å². The molecule has 2 fully saturated rings. The maximum absolute atomic E-state index is 13.7. The Balaban J connectivity index is 1.70. The van der Waals surface area contributed by atoms with E-state index in [1.165, 1.54) is 12.3 Å². The van der Waals surface area contributed by atoms with Gasteiger partial charge >= 0.3 is 6.18 Å². The summed E-state index contributed by atoms with van der Waals surface area (Å²) >= 11 is 0. The number of carbonyl (C=O) groups is 2. The van der Waals surface area contributed by atoms with Crippen LogP contribution in [-0.2, 0) is 12.6 Å². The molecule has 0 radical (unpaired) electrons. The Morgan fingerprint density at radius 3 is 2.46 bits per heavy atom. The predicted molar refractivity (Wildman–Crippen MR) is 124 cm³/mol. The summed E-state index contributed by atoms with van der Waals surface area (Å²) in [5.41, 5.74) is 11.0. The average molecular weight is 491 g/mol. The number of aromatic nitrogens is 2. The van der Waals surface area contributed by atoms with Gasteiger partial charge in [0, 0.05) is 50.4 Å². The van der Waals surface area contributed by atoms with E-state index in [1.807, 2.05) is 4.90 Å². The highest BCUT2D eigenvalue weighted by molar-refractivity contribution is 5.95. The Labute approximate surface area is 201 Å². The first-order valence-electron chi connectivity index (χ1n) is 11.8. The van der Waals surface area contributed by atoms with Crippen LogP contribution in [0.5, 0.6) is 0 Å². The quantitative estimate of drug-likeness (QED) is 0.665. The summed E-state index contributed by atoms with van der Waals surface area (Å²) in [6.07, 6.45) is 0.914. The van der Waals surface area contributed by atoms with Crippen LogP contribution in [0.1, 0.15) is 69.6 Å². The molecule has 4 N–H and O–H groups in total. The number of nitrogens with zero attached hydrogens (tertiary/aromatic N) is 4. The van der Waals surface area contributed by atoms with Crippen molar-refractivity contribution in [3.8, 4) is 0 Å². The highest BCUT2D eigenvalue weighted by atomic mass is 19.4. The van der Waals surface area contributed by atoms with Crippen LogP contribution in [0.4, 0.5) is 19.1 Å². The van der Waals surface area contributed by atoms with Gasteiger partial charge in [-0.15, -0.1) is 0 Å². The summed E-state index contributed by atoms with van der Waals surface area (Å²) < 4.78 is 41.1. The van der Waals surface area contributed by atoms with Gasteiger partial charge in [0.1, 0.15) is 0 Å². The predicted octanol–water partition coefficient (Wildman–Crippen LogP) is 2.74. The van der Waals surface area contributed by atoms with E-state index in [9.17, 15) is 22.8 Å². The van der Waals surface area contributed by atoms with E-state index in [4.69, 9.17) is 11.5 Å². The van der Waals surface area contributed by atoms with Crippen LogP contribution < -0.4 is 16.4 Å². The Morgan fingerprint density at radius 2 is 1.80 bits per heavy atom. The largest absolute Gasteiger partial charge is 0.416 e. The van der Waals surface area contributed by atoms with E-state index >= 15 is 0 Å². The molecule has 1 aromatic heterocycles. The number of carbonyl (C=O) groups excluding carboxylic acids is 2. The molecule has 0 bridgehead atoms. The third-order valence-corrected chi connectivity index (χ3v) is 6.44. The summed E-state index contributed by atoms with van der Waals surface area (Å²) in [5.74, 6) is -0.868. The molecule has 0 unspecified atom stereocenters. The molecule has 2 saturated heterocycles. The van der Waals surface area contributed by atoms with Crippen molar-refractivity contribution in [1.82, 2.24) is 14.9 Å². The lowest BCUT2D eigenvalue weighted by Crippen LogP contribution is -2.43. The monoisotopic (exact) mass is 490 g/mol. The van der Waals surface area contributed by atoms with Gasteiger partial charge in [0.2, 0.25) is 5.95 Å². The van der Waals surface area contributed by atoms with Crippen LogP contribution in [0.15, 0.2) is 24.4 Å². The number of nitrogens with two attached hydrogens (primary N) is 2. The first-order chi connectivity index (χ1) is 16.6. The van der Waals surface area contributed by atoms with Crippen LogP contribution in [0.3, 0.4) is 0 Å². The zero-order valence-electron chi connectivity index (χ0n) is 19.4. The molecule has 0 aliphatic carbocycles. The highest BCUT2D eigenvalue weighted by Gasteiger charge is 2.33. The molecule has 2 amide bonds. The van der Waals surface area contributed by atoms with Gasteiger partial charge in [0.25, 0.3) is 11.8 Å². The number of benzene rings is 1. The van der Waals surface area contributed by atoms with Gasteiger partial charge in [-0.1, -0.05) is 0 Å². The van der Waals surface area contributed by atoms with Crippen molar-refractivity contribution in [3.63, 3.8) is 0 Å². The number of alkyl halides is 3. The molecule has 2 aliphatic rings. The molecule has 8 nitrogen and oxygen atoms in total. The van der Waals surface area contributed by atoms with Crippen LogP contribution in [0.2, 0.25) is 0 Å². The zero-order chi connectivity index (χ0) is 25.2. The van der Waals surface area contributed by atoms with Crippen LogP contribution in [0.25, 0.3) is 0 Å². The van der Waals surface area contributed by atoms with E-state index in [2.05, 4.69) is 9.97 Å². The first-order valence-corrected chi connectivity index (χ1v) is 11.8.